The molecule has 3 unspecified atom stereocenters. The number of quaternary nitrogens is 1. The number of hydrogen-bond acceptors (Lipinski definition) is 5. The first-order chi connectivity index (χ1) is 38.0. The molecule has 446 valence electrons. The number of aliphatic hydroxyl groups is 1. The lowest BCUT2D eigenvalue weighted by Crippen LogP contribution is -2.45. The highest BCUT2D eigenvalue weighted by molar-refractivity contribution is 7.47. The van der Waals surface area contributed by atoms with Gasteiger partial charge in [-0.15, -0.1) is 0 Å². The molecular weight excluding hydrogens is 984 g/mol. The van der Waals surface area contributed by atoms with E-state index in [0.717, 1.165) is 96.3 Å². The fraction of sp³-hybridized carbons (Fsp3) is 0.667. The van der Waals surface area contributed by atoms with Crippen LogP contribution in [0.3, 0.4) is 0 Å². The minimum atomic E-state index is -4.37. The van der Waals surface area contributed by atoms with Gasteiger partial charge in [-0.1, -0.05) is 263 Å². The van der Waals surface area contributed by atoms with Crippen LogP contribution < -0.4 is 5.32 Å². The van der Waals surface area contributed by atoms with Gasteiger partial charge in [-0.3, -0.25) is 13.8 Å². The molecule has 3 N–H and O–H groups in total. The Kier molecular flexibility index (Phi) is 55.8. The summed E-state index contributed by atoms with van der Waals surface area (Å²) < 4.78 is 23.7. The maximum absolute atomic E-state index is 13.0. The van der Waals surface area contributed by atoms with E-state index in [0.29, 0.717) is 17.4 Å². The summed E-state index contributed by atoms with van der Waals surface area (Å²) in [4.78, 5) is 23.3. The topological polar surface area (TPSA) is 105 Å². The average molecular weight is 1100 g/mol. The number of carbonyl (C=O) groups is 1. The minimum absolute atomic E-state index is 0.0482. The Hall–Kier alpha value is -3.36. The van der Waals surface area contributed by atoms with E-state index in [4.69, 9.17) is 9.05 Å². The molecule has 0 rings (SSSR count). The van der Waals surface area contributed by atoms with Crippen LogP contribution in [0.2, 0.25) is 0 Å². The lowest BCUT2D eigenvalue weighted by atomic mass is 10.0. The second kappa shape index (κ2) is 58.3. The van der Waals surface area contributed by atoms with Crippen LogP contribution in [0.15, 0.2) is 134 Å². The van der Waals surface area contributed by atoms with Gasteiger partial charge >= 0.3 is 7.82 Å². The normalized spacial score (nSPS) is 14.7. The van der Waals surface area contributed by atoms with E-state index >= 15 is 0 Å². The summed E-state index contributed by atoms with van der Waals surface area (Å²) in [6.45, 7) is 4.66. The van der Waals surface area contributed by atoms with Crippen molar-refractivity contribution in [2.75, 3.05) is 40.9 Å². The number of allylic oxidation sites excluding steroid dienone is 21. The summed E-state index contributed by atoms with van der Waals surface area (Å²) in [5.74, 6) is -0.196. The lowest BCUT2D eigenvalue weighted by molar-refractivity contribution is -0.870. The summed E-state index contributed by atoms with van der Waals surface area (Å²) >= 11 is 0. The number of hydrogen-bond donors (Lipinski definition) is 3. The largest absolute Gasteiger partial charge is 0.472 e. The molecule has 8 nitrogen and oxygen atoms in total. The fourth-order valence-electron chi connectivity index (χ4n) is 8.44. The van der Waals surface area contributed by atoms with Crippen molar-refractivity contribution in [1.29, 1.82) is 0 Å². The zero-order valence-electron chi connectivity index (χ0n) is 50.9. The van der Waals surface area contributed by atoms with Crippen molar-refractivity contribution in [3.63, 3.8) is 0 Å². The molecule has 0 fully saturated rings. The van der Waals surface area contributed by atoms with Gasteiger partial charge in [0.05, 0.1) is 39.9 Å². The molecular formula is C69H120N2O6P+. The first kappa shape index (κ1) is 74.6. The Labute approximate surface area is 481 Å². The quantitative estimate of drug-likeness (QED) is 0.0243. The fourth-order valence-corrected chi connectivity index (χ4v) is 9.18. The zero-order chi connectivity index (χ0) is 57.0. The lowest BCUT2D eigenvalue weighted by Gasteiger charge is -2.25. The SMILES string of the molecule is CC/C=C\C/C=C\C/C=C\C/C=C\C/C=C\C/C=C\C/C=C\C/C=C\CCCCCCCCCCCCCCCCC(=O)NC(COP(=O)(O)OCC[N+](C)(C)C)C(O)/C=C/CC/C=C/CC/C=C/CCCCCCCCC. The number of likely N-dealkylation sites (N-methyl/N-ethyl adjacent to an activating group) is 1. The van der Waals surface area contributed by atoms with Crippen molar-refractivity contribution in [2.24, 2.45) is 0 Å². The third kappa shape index (κ3) is 60.3. The van der Waals surface area contributed by atoms with Gasteiger partial charge in [0, 0.05) is 6.42 Å². The van der Waals surface area contributed by atoms with Crippen molar-refractivity contribution in [3.05, 3.63) is 134 Å². The second-order valence-corrected chi connectivity index (χ2v) is 23.5. The van der Waals surface area contributed by atoms with E-state index in [1.807, 2.05) is 27.2 Å². The Morgan fingerprint density at radius 1 is 0.449 bits per heavy atom. The van der Waals surface area contributed by atoms with Crippen molar-refractivity contribution in [2.45, 2.75) is 257 Å². The highest BCUT2D eigenvalue weighted by atomic mass is 31.2. The predicted molar refractivity (Wildman–Crippen MR) is 341 cm³/mol. The highest BCUT2D eigenvalue weighted by Gasteiger charge is 2.27. The van der Waals surface area contributed by atoms with Crippen molar-refractivity contribution in [3.8, 4) is 0 Å². The summed E-state index contributed by atoms with van der Waals surface area (Å²) in [6.07, 6.45) is 88.6. The summed E-state index contributed by atoms with van der Waals surface area (Å²) in [5, 5.41) is 13.9. The number of aliphatic hydroxyl groups excluding tert-OH is 1. The van der Waals surface area contributed by atoms with Gasteiger partial charge < -0.3 is 19.8 Å². The molecule has 0 spiro atoms. The van der Waals surface area contributed by atoms with Crippen LogP contribution in [0, 0.1) is 0 Å². The number of rotatable bonds is 56. The van der Waals surface area contributed by atoms with E-state index in [1.54, 1.807) is 6.08 Å². The van der Waals surface area contributed by atoms with Crippen LogP contribution in [-0.2, 0) is 18.4 Å². The highest BCUT2D eigenvalue weighted by Crippen LogP contribution is 2.43. The predicted octanol–water partition coefficient (Wildman–Crippen LogP) is 19.9. The Morgan fingerprint density at radius 3 is 1.18 bits per heavy atom. The van der Waals surface area contributed by atoms with Crippen LogP contribution in [0.5, 0.6) is 0 Å². The van der Waals surface area contributed by atoms with Crippen LogP contribution in [-0.4, -0.2) is 73.4 Å². The molecule has 0 radical (unpaired) electrons. The molecule has 0 aliphatic heterocycles. The van der Waals surface area contributed by atoms with Gasteiger partial charge in [-0.2, -0.15) is 0 Å². The molecule has 0 heterocycles. The number of amides is 1. The van der Waals surface area contributed by atoms with Crippen LogP contribution >= 0.6 is 7.82 Å². The maximum atomic E-state index is 13.0. The number of unbranched alkanes of at least 4 members (excludes halogenated alkanes) is 23. The van der Waals surface area contributed by atoms with E-state index in [-0.39, 0.29) is 19.1 Å². The maximum Gasteiger partial charge on any atom is 0.472 e. The molecule has 0 aromatic heterocycles. The van der Waals surface area contributed by atoms with Gasteiger partial charge in [0.2, 0.25) is 5.91 Å². The second-order valence-electron chi connectivity index (χ2n) is 22.0. The Morgan fingerprint density at radius 2 is 0.782 bits per heavy atom. The van der Waals surface area contributed by atoms with Gasteiger partial charge in [0.15, 0.2) is 0 Å². The van der Waals surface area contributed by atoms with Crippen molar-refractivity contribution >= 4 is 13.7 Å². The summed E-state index contributed by atoms with van der Waals surface area (Å²) in [7, 11) is 1.53. The molecule has 1 amide bonds. The summed E-state index contributed by atoms with van der Waals surface area (Å²) in [5.41, 5.74) is 0. The molecule has 0 aromatic carbocycles. The number of phosphoric acid groups is 1. The standard InChI is InChI=1S/C69H119N2O6P/c1-6-8-10-12-14-16-18-20-22-24-25-26-27-28-29-30-31-32-33-34-35-36-37-38-39-40-41-42-43-44-45-47-49-51-53-55-57-59-61-63-69(73)70-67(66-77-78(74,75)76-65-64-71(3,4)5)68(72)62-60-58-56-54-52-50-48-46-23-21-19-17-15-13-11-9-7-2/h8,10,14,16,20,22-23,25-26,28-29,31-32,34-35,37-38,46,52,54,60,62,67-68,72H,6-7,9,11-13,15,17-19,21,24,27,30,33,36,39-45,47-51,53,55-59,61,63-66H2,1-5H3,(H-,70,73,74,75)/p+1/b10-8-,16-14-,22-20-,26-25-,29-28-,32-31-,35-34-,38-37-,46-23+,54-52+,62-60+. The molecule has 0 bridgehead atoms. The van der Waals surface area contributed by atoms with Gasteiger partial charge in [0.1, 0.15) is 13.2 Å². The van der Waals surface area contributed by atoms with Crippen LogP contribution in [0.25, 0.3) is 0 Å². The molecule has 3 atom stereocenters. The summed E-state index contributed by atoms with van der Waals surface area (Å²) in [6, 6.07) is -0.878. The first-order valence-electron chi connectivity index (χ1n) is 31.6. The number of carbonyl (C=O) groups excluding carboxylic acids is 1. The van der Waals surface area contributed by atoms with Gasteiger partial charge in [-0.05, 0) is 109 Å². The van der Waals surface area contributed by atoms with E-state index in [9.17, 15) is 19.4 Å². The Bertz CT molecular complexity index is 1730. The number of nitrogens with zero attached hydrogens (tertiary/aromatic N) is 1. The van der Waals surface area contributed by atoms with E-state index in [1.165, 1.54) is 128 Å². The van der Waals surface area contributed by atoms with Gasteiger partial charge in [0.25, 0.3) is 0 Å². The van der Waals surface area contributed by atoms with Gasteiger partial charge in [-0.25, -0.2) is 4.57 Å². The van der Waals surface area contributed by atoms with Crippen molar-refractivity contribution < 1.29 is 32.9 Å². The molecule has 78 heavy (non-hydrogen) atoms. The average Bonchev–Trinajstić information content (AvgIpc) is 3.40. The van der Waals surface area contributed by atoms with E-state index < -0.39 is 20.0 Å². The van der Waals surface area contributed by atoms with Crippen LogP contribution in [0.1, 0.15) is 245 Å². The zero-order valence-corrected chi connectivity index (χ0v) is 51.7. The molecule has 0 aliphatic rings. The third-order valence-electron chi connectivity index (χ3n) is 13.3. The van der Waals surface area contributed by atoms with Crippen LogP contribution in [0.4, 0.5) is 0 Å². The molecule has 9 heteroatoms. The minimum Gasteiger partial charge on any atom is -0.387 e. The van der Waals surface area contributed by atoms with Crippen molar-refractivity contribution in [1.82, 2.24) is 5.32 Å². The number of nitrogens with one attached hydrogen (secondary N) is 1. The number of phosphoric ester groups is 1. The van der Waals surface area contributed by atoms with E-state index in [2.05, 4.69) is 141 Å². The Balaban J connectivity index is 4.11. The molecule has 0 aliphatic carbocycles. The molecule has 0 aromatic rings. The molecule has 0 saturated carbocycles. The molecule has 0 saturated heterocycles. The smallest absolute Gasteiger partial charge is 0.387 e. The first-order valence-corrected chi connectivity index (χ1v) is 33.1. The monoisotopic (exact) mass is 1100 g/mol. The third-order valence-corrected chi connectivity index (χ3v) is 14.3.